The van der Waals surface area contributed by atoms with Gasteiger partial charge in [0.2, 0.25) is 0 Å². The summed E-state index contributed by atoms with van der Waals surface area (Å²) in [5.41, 5.74) is 2.73. The molecule has 126 valence electrons. The summed E-state index contributed by atoms with van der Waals surface area (Å²) in [6.07, 6.45) is 1.77. The van der Waals surface area contributed by atoms with Crippen molar-refractivity contribution in [3.8, 4) is 11.5 Å². The van der Waals surface area contributed by atoms with E-state index in [1.54, 1.807) is 36.4 Å². The molecule has 0 aromatic heterocycles. The van der Waals surface area contributed by atoms with E-state index in [2.05, 4.69) is 0 Å². The number of hydrogen-bond donors (Lipinski definition) is 2. The number of carbonyl (C=O) groups excluding carboxylic acids is 2. The Hall–Kier alpha value is -2.62. The first kappa shape index (κ1) is 17.7. The van der Waals surface area contributed by atoms with Crippen LogP contribution in [0.25, 0.3) is 0 Å². The average Bonchev–Trinajstić information content (AvgIpc) is 2.55. The smallest absolute Gasteiger partial charge is 0.140 e. The highest BCUT2D eigenvalue weighted by atomic mass is 16.3. The third kappa shape index (κ3) is 5.54. The van der Waals surface area contributed by atoms with Crippen molar-refractivity contribution in [1.82, 2.24) is 0 Å². The highest BCUT2D eigenvalue weighted by molar-refractivity contribution is 5.99. The maximum atomic E-state index is 11.9. The Morgan fingerprint density at radius 1 is 0.833 bits per heavy atom. The van der Waals surface area contributed by atoms with E-state index in [0.29, 0.717) is 25.7 Å². The summed E-state index contributed by atoms with van der Waals surface area (Å²) < 4.78 is 0. The zero-order valence-electron chi connectivity index (χ0n) is 13.8. The Kier molecular flexibility index (Phi) is 6.13. The van der Waals surface area contributed by atoms with Gasteiger partial charge in [0, 0.05) is 12.8 Å². The number of phenols is 2. The normalized spacial score (nSPS) is 10.5. The van der Waals surface area contributed by atoms with Crippen LogP contribution in [0.2, 0.25) is 0 Å². The molecule has 0 aliphatic rings. The molecule has 0 saturated carbocycles. The van der Waals surface area contributed by atoms with Crippen molar-refractivity contribution in [2.24, 2.45) is 0 Å². The number of Topliss-reactive ketones (excluding diaryl/α,β-unsaturated/α-hetero) is 2. The van der Waals surface area contributed by atoms with Gasteiger partial charge in [-0.15, -0.1) is 0 Å². The lowest BCUT2D eigenvalue weighted by molar-refractivity contribution is -0.126. The van der Waals surface area contributed by atoms with E-state index in [0.717, 1.165) is 16.7 Å². The minimum atomic E-state index is -0.0602. The second kappa shape index (κ2) is 8.29. The molecule has 0 unspecified atom stereocenters. The third-order valence-electron chi connectivity index (χ3n) is 3.98. The topological polar surface area (TPSA) is 74.6 Å². The van der Waals surface area contributed by atoms with Gasteiger partial charge in [0.05, 0.1) is 6.42 Å². The number of rotatable bonds is 8. The monoisotopic (exact) mass is 326 g/mol. The van der Waals surface area contributed by atoms with Gasteiger partial charge in [0.15, 0.2) is 0 Å². The van der Waals surface area contributed by atoms with Gasteiger partial charge in [-0.1, -0.05) is 24.3 Å². The Balaban J connectivity index is 1.74. The maximum absolute atomic E-state index is 11.9. The lowest BCUT2D eigenvalue weighted by Crippen LogP contribution is -2.09. The Morgan fingerprint density at radius 3 is 1.96 bits per heavy atom. The van der Waals surface area contributed by atoms with Crippen LogP contribution in [0, 0.1) is 6.92 Å². The molecular weight excluding hydrogens is 304 g/mol. The second-order valence-corrected chi connectivity index (χ2v) is 6.04. The summed E-state index contributed by atoms with van der Waals surface area (Å²) in [7, 11) is 0. The molecule has 0 amide bonds. The molecule has 0 saturated heterocycles. The summed E-state index contributed by atoms with van der Waals surface area (Å²) >= 11 is 0. The highest BCUT2D eigenvalue weighted by Gasteiger charge is 2.10. The van der Waals surface area contributed by atoms with Gasteiger partial charge < -0.3 is 10.2 Å². The number of hydrogen-bond acceptors (Lipinski definition) is 4. The van der Waals surface area contributed by atoms with Crippen LogP contribution in [0.15, 0.2) is 42.5 Å². The van der Waals surface area contributed by atoms with Crippen molar-refractivity contribution >= 4 is 11.6 Å². The molecule has 2 aromatic carbocycles. The van der Waals surface area contributed by atoms with E-state index in [9.17, 15) is 19.8 Å². The zero-order chi connectivity index (χ0) is 17.5. The minimum absolute atomic E-state index is 0.0326. The van der Waals surface area contributed by atoms with Crippen LogP contribution in [0.5, 0.6) is 11.5 Å². The molecule has 4 nitrogen and oxygen atoms in total. The standard InChI is InChI=1S/C20H22O4/c1-14-12-16(6-11-20(14)24)5-10-19(23)13-18(22)9-4-15-2-7-17(21)8-3-15/h2-3,6-8,11-12,21,24H,4-5,9-10,13H2,1H3. The molecule has 2 N–H and O–H groups in total. The largest absolute Gasteiger partial charge is 0.508 e. The van der Waals surface area contributed by atoms with E-state index in [1.165, 1.54) is 0 Å². The summed E-state index contributed by atoms with van der Waals surface area (Å²) in [4.78, 5) is 23.8. The molecular formula is C20H22O4. The summed E-state index contributed by atoms with van der Waals surface area (Å²) in [6.45, 7) is 1.81. The lowest BCUT2D eigenvalue weighted by atomic mass is 10.0. The van der Waals surface area contributed by atoms with E-state index < -0.39 is 0 Å². The molecule has 0 aliphatic carbocycles. The van der Waals surface area contributed by atoms with Crippen molar-refractivity contribution in [3.63, 3.8) is 0 Å². The van der Waals surface area contributed by atoms with Gasteiger partial charge in [0.25, 0.3) is 0 Å². The van der Waals surface area contributed by atoms with Gasteiger partial charge in [0.1, 0.15) is 23.1 Å². The lowest BCUT2D eigenvalue weighted by Gasteiger charge is -2.05. The van der Waals surface area contributed by atoms with Crippen LogP contribution in [0.4, 0.5) is 0 Å². The molecule has 2 rings (SSSR count). The maximum Gasteiger partial charge on any atom is 0.140 e. The molecule has 2 aromatic rings. The number of carbonyl (C=O) groups is 2. The number of aromatic hydroxyl groups is 2. The average molecular weight is 326 g/mol. The van der Waals surface area contributed by atoms with Crippen LogP contribution < -0.4 is 0 Å². The van der Waals surface area contributed by atoms with Gasteiger partial charge in [-0.2, -0.15) is 0 Å². The molecule has 4 heteroatoms. The third-order valence-corrected chi connectivity index (χ3v) is 3.98. The van der Waals surface area contributed by atoms with E-state index >= 15 is 0 Å². The predicted molar refractivity (Wildman–Crippen MR) is 92.2 cm³/mol. The number of benzene rings is 2. The minimum Gasteiger partial charge on any atom is -0.508 e. The molecule has 0 bridgehead atoms. The van der Waals surface area contributed by atoms with Crippen LogP contribution in [-0.2, 0) is 22.4 Å². The first-order valence-corrected chi connectivity index (χ1v) is 8.04. The van der Waals surface area contributed by atoms with Crippen molar-refractivity contribution in [2.45, 2.75) is 39.0 Å². The van der Waals surface area contributed by atoms with Crippen molar-refractivity contribution in [1.29, 1.82) is 0 Å². The zero-order valence-corrected chi connectivity index (χ0v) is 13.8. The van der Waals surface area contributed by atoms with E-state index in [-0.39, 0.29) is 29.5 Å². The first-order valence-electron chi connectivity index (χ1n) is 8.04. The number of aryl methyl sites for hydroxylation is 3. The Morgan fingerprint density at radius 2 is 1.38 bits per heavy atom. The van der Waals surface area contributed by atoms with Crippen molar-refractivity contribution in [2.75, 3.05) is 0 Å². The summed E-state index contributed by atoms with van der Waals surface area (Å²) in [6, 6.07) is 12.0. The van der Waals surface area contributed by atoms with Crippen molar-refractivity contribution in [3.05, 3.63) is 59.2 Å². The van der Waals surface area contributed by atoms with Crippen LogP contribution >= 0.6 is 0 Å². The predicted octanol–water partition coefficient (Wildman–Crippen LogP) is 3.50. The summed E-state index contributed by atoms with van der Waals surface area (Å²) in [5.74, 6) is 0.325. The highest BCUT2D eigenvalue weighted by Crippen LogP contribution is 2.18. The fraction of sp³-hybridized carbons (Fsp3) is 0.300. The fourth-order valence-corrected chi connectivity index (χ4v) is 2.50. The molecule has 0 heterocycles. The second-order valence-electron chi connectivity index (χ2n) is 6.04. The van der Waals surface area contributed by atoms with E-state index in [1.807, 2.05) is 13.0 Å². The van der Waals surface area contributed by atoms with E-state index in [4.69, 9.17) is 0 Å². The van der Waals surface area contributed by atoms with Crippen molar-refractivity contribution < 1.29 is 19.8 Å². The molecule has 0 fully saturated rings. The molecule has 24 heavy (non-hydrogen) atoms. The van der Waals surface area contributed by atoms with Crippen LogP contribution in [-0.4, -0.2) is 21.8 Å². The molecule has 0 spiro atoms. The molecule has 0 atom stereocenters. The summed E-state index contributed by atoms with van der Waals surface area (Å²) in [5, 5.41) is 18.7. The number of ketones is 2. The SMILES string of the molecule is Cc1cc(CCC(=O)CC(=O)CCc2ccc(O)cc2)ccc1O. The number of phenolic OH excluding ortho intramolecular Hbond substituents is 2. The Labute approximate surface area is 141 Å². The first-order chi connectivity index (χ1) is 11.4. The molecule has 0 radical (unpaired) electrons. The quantitative estimate of drug-likeness (QED) is 0.728. The van der Waals surface area contributed by atoms with Crippen LogP contribution in [0.3, 0.4) is 0 Å². The van der Waals surface area contributed by atoms with Gasteiger partial charge >= 0.3 is 0 Å². The Bertz CT molecular complexity index is 717. The fourth-order valence-electron chi connectivity index (χ4n) is 2.50. The van der Waals surface area contributed by atoms with Gasteiger partial charge in [-0.25, -0.2) is 0 Å². The van der Waals surface area contributed by atoms with Gasteiger partial charge in [-0.05, 0) is 54.7 Å². The van der Waals surface area contributed by atoms with Gasteiger partial charge in [-0.3, -0.25) is 9.59 Å². The molecule has 0 aliphatic heterocycles. The van der Waals surface area contributed by atoms with Crippen LogP contribution in [0.1, 0.15) is 36.0 Å².